The van der Waals surface area contributed by atoms with Crippen molar-refractivity contribution in [1.82, 2.24) is 5.32 Å². The van der Waals surface area contributed by atoms with Crippen molar-refractivity contribution in [2.75, 3.05) is 4.72 Å². The standard InChI is InChI=1S/C18H17F3N2O5S/c1-10(22-17(25)18(19,20)21)16(24)14-6-5-12-8-15(14)23-29(26,27)13-4-2-3-11(7-13)9-28-12/h2-8,10,16,23-24H,9H2,1H3,(H,22,25)/t10-,16-/m0/s1. The van der Waals surface area contributed by atoms with Crippen molar-refractivity contribution in [3.63, 3.8) is 0 Å². The Balaban J connectivity index is 1.95. The number of aliphatic hydroxyl groups excluding tert-OH is 1. The summed E-state index contributed by atoms with van der Waals surface area (Å²) in [6.07, 6.45) is -6.74. The van der Waals surface area contributed by atoms with Crippen LogP contribution in [0.15, 0.2) is 47.4 Å². The number of ether oxygens (including phenoxy) is 1. The zero-order valence-electron chi connectivity index (χ0n) is 15.0. The minimum atomic E-state index is -5.11. The molecule has 4 bridgehead atoms. The lowest BCUT2D eigenvalue weighted by Crippen LogP contribution is -2.44. The number of anilines is 1. The van der Waals surface area contributed by atoms with E-state index in [2.05, 4.69) is 4.72 Å². The van der Waals surface area contributed by atoms with E-state index in [0.29, 0.717) is 5.56 Å². The molecular weight excluding hydrogens is 413 g/mol. The molecule has 1 aliphatic rings. The first-order valence-corrected chi connectivity index (χ1v) is 9.90. The number of benzene rings is 2. The minimum absolute atomic E-state index is 0.0207. The number of sulfonamides is 1. The third-order valence-electron chi connectivity index (χ3n) is 4.29. The topological polar surface area (TPSA) is 105 Å². The Bertz CT molecular complexity index is 1040. The van der Waals surface area contributed by atoms with Crippen molar-refractivity contribution in [3.05, 3.63) is 53.6 Å². The van der Waals surface area contributed by atoms with E-state index in [0.717, 1.165) is 0 Å². The molecule has 1 aliphatic heterocycles. The number of carbonyl (C=O) groups is 1. The number of hydrogen-bond donors (Lipinski definition) is 3. The second kappa shape index (κ2) is 7.56. The number of aliphatic hydroxyl groups is 1. The van der Waals surface area contributed by atoms with Gasteiger partial charge in [0, 0.05) is 11.6 Å². The van der Waals surface area contributed by atoms with Gasteiger partial charge in [-0.15, -0.1) is 0 Å². The van der Waals surface area contributed by atoms with Crippen molar-refractivity contribution in [1.29, 1.82) is 0 Å². The first-order chi connectivity index (χ1) is 13.5. The molecule has 1 amide bonds. The highest BCUT2D eigenvalue weighted by molar-refractivity contribution is 7.92. The Hall–Kier alpha value is -2.79. The third-order valence-corrected chi connectivity index (χ3v) is 5.65. The molecule has 0 aromatic heterocycles. The molecule has 0 aliphatic carbocycles. The fourth-order valence-corrected chi connectivity index (χ4v) is 3.93. The quantitative estimate of drug-likeness (QED) is 0.694. The maximum atomic E-state index is 12.7. The molecule has 2 aromatic carbocycles. The lowest BCUT2D eigenvalue weighted by Gasteiger charge is -2.24. The fourth-order valence-electron chi connectivity index (χ4n) is 2.78. The van der Waals surface area contributed by atoms with Crippen molar-refractivity contribution in [2.24, 2.45) is 0 Å². The maximum Gasteiger partial charge on any atom is 0.471 e. The average molecular weight is 430 g/mol. The van der Waals surface area contributed by atoms with Gasteiger partial charge in [0.25, 0.3) is 10.0 Å². The van der Waals surface area contributed by atoms with E-state index < -0.39 is 34.3 Å². The summed E-state index contributed by atoms with van der Waals surface area (Å²) in [7, 11) is -4.03. The van der Waals surface area contributed by atoms with Crippen LogP contribution >= 0.6 is 0 Å². The predicted molar refractivity (Wildman–Crippen MR) is 96.6 cm³/mol. The molecule has 0 saturated carbocycles. The molecule has 0 fully saturated rings. The summed E-state index contributed by atoms with van der Waals surface area (Å²) in [6.45, 7) is 1.27. The minimum Gasteiger partial charge on any atom is -0.489 e. The van der Waals surface area contributed by atoms with Crippen LogP contribution in [0, 0.1) is 0 Å². The van der Waals surface area contributed by atoms with Crippen LogP contribution in [0.4, 0.5) is 18.9 Å². The monoisotopic (exact) mass is 430 g/mol. The molecule has 0 unspecified atom stereocenters. The number of fused-ring (bicyclic) bond motifs is 4. The van der Waals surface area contributed by atoms with Crippen LogP contribution < -0.4 is 14.8 Å². The first-order valence-electron chi connectivity index (χ1n) is 8.41. The van der Waals surface area contributed by atoms with Crippen LogP contribution in [0.1, 0.15) is 24.2 Å². The average Bonchev–Trinajstić information content (AvgIpc) is 2.64. The number of rotatable bonds is 3. The second-order valence-electron chi connectivity index (χ2n) is 6.50. The fraction of sp³-hybridized carbons (Fsp3) is 0.278. The van der Waals surface area contributed by atoms with Crippen molar-refractivity contribution >= 4 is 21.6 Å². The van der Waals surface area contributed by atoms with Crippen LogP contribution in [-0.4, -0.2) is 31.6 Å². The van der Waals surface area contributed by atoms with Gasteiger partial charge in [0.2, 0.25) is 0 Å². The van der Waals surface area contributed by atoms with Gasteiger partial charge in [-0.1, -0.05) is 18.2 Å². The van der Waals surface area contributed by atoms with Gasteiger partial charge < -0.3 is 15.2 Å². The lowest BCUT2D eigenvalue weighted by atomic mass is 10.0. The molecule has 29 heavy (non-hydrogen) atoms. The van der Waals surface area contributed by atoms with Crippen LogP contribution in [0.25, 0.3) is 0 Å². The Morgan fingerprint density at radius 3 is 2.66 bits per heavy atom. The van der Waals surface area contributed by atoms with Gasteiger partial charge in [-0.2, -0.15) is 13.2 Å². The maximum absolute atomic E-state index is 12.7. The SMILES string of the molecule is C[C@H](NC(=O)C(F)(F)F)[C@H](O)c1ccc2cc1NS(=O)(=O)c1cccc(c1)CO2. The molecule has 0 saturated heterocycles. The summed E-state index contributed by atoms with van der Waals surface area (Å²) in [6, 6.07) is 8.79. The summed E-state index contributed by atoms with van der Waals surface area (Å²) >= 11 is 0. The molecule has 156 valence electrons. The van der Waals surface area contributed by atoms with Crippen LogP contribution in [0.2, 0.25) is 0 Å². The molecule has 2 atom stereocenters. The van der Waals surface area contributed by atoms with Gasteiger partial charge in [-0.05, 0) is 30.7 Å². The van der Waals surface area contributed by atoms with E-state index in [9.17, 15) is 31.5 Å². The highest BCUT2D eigenvalue weighted by Gasteiger charge is 2.40. The van der Waals surface area contributed by atoms with Crippen molar-refractivity contribution in [2.45, 2.75) is 36.7 Å². The molecular formula is C18H17F3N2O5S. The molecule has 1 heterocycles. The van der Waals surface area contributed by atoms with E-state index in [4.69, 9.17) is 4.74 Å². The molecule has 3 rings (SSSR count). The van der Waals surface area contributed by atoms with E-state index in [1.54, 1.807) is 17.4 Å². The number of hydrogen-bond acceptors (Lipinski definition) is 5. The Morgan fingerprint density at radius 2 is 1.97 bits per heavy atom. The number of amides is 1. The highest BCUT2D eigenvalue weighted by Crippen LogP contribution is 2.33. The zero-order valence-corrected chi connectivity index (χ0v) is 15.8. The Morgan fingerprint density at radius 1 is 1.24 bits per heavy atom. The van der Waals surface area contributed by atoms with E-state index in [1.807, 2.05) is 0 Å². The summed E-state index contributed by atoms with van der Waals surface area (Å²) in [5.74, 6) is -1.92. The van der Waals surface area contributed by atoms with Gasteiger partial charge >= 0.3 is 12.1 Å². The van der Waals surface area contributed by atoms with Crippen LogP contribution in [-0.2, 0) is 21.4 Å². The number of nitrogens with one attached hydrogen (secondary N) is 2. The zero-order chi connectivity index (χ0) is 21.4. The van der Waals surface area contributed by atoms with Gasteiger partial charge in [0.1, 0.15) is 18.5 Å². The van der Waals surface area contributed by atoms with Crippen molar-refractivity contribution < 1.29 is 36.2 Å². The van der Waals surface area contributed by atoms with E-state index in [1.165, 1.54) is 37.3 Å². The summed E-state index contributed by atoms with van der Waals surface area (Å²) in [5.41, 5.74) is 0.534. The largest absolute Gasteiger partial charge is 0.489 e. The number of halogens is 3. The smallest absolute Gasteiger partial charge is 0.471 e. The van der Waals surface area contributed by atoms with E-state index in [-0.39, 0.29) is 28.5 Å². The highest BCUT2D eigenvalue weighted by atomic mass is 32.2. The Kier molecular flexibility index (Phi) is 5.46. The van der Waals surface area contributed by atoms with Gasteiger partial charge in [-0.3, -0.25) is 9.52 Å². The van der Waals surface area contributed by atoms with Gasteiger partial charge in [0.05, 0.1) is 16.6 Å². The molecule has 3 N–H and O–H groups in total. The number of carbonyl (C=O) groups excluding carboxylic acids is 1. The predicted octanol–water partition coefficient (Wildman–Crippen LogP) is 2.48. The van der Waals surface area contributed by atoms with Crippen LogP contribution in [0.5, 0.6) is 5.75 Å². The third kappa shape index (κ3) is 4.62. The summed E-state index contributed by atoms with van der Waals surface area (Å²) in [5, 5.41) is 12.1. The summed E-state index contributed by atoms with van der Waals surface area (Å²) in [4.78, 5) is 11.1. The van der Waals surface area contributed by atoms with Crippen molar-refractivity contribution in [3.8, 4) is 5.75 Å². The molecule has 7 nitrogen and oxygen atoms in total. The Labute approximate surface area is 164 Å². The van der Waals surface area contributed by atoms with E-state index >= 15 is 0 Å². The lowest BCUT2D eigenvalue weighted by molar-refractivity contribution is -0.175. The molecule has 0 radical (unpaired) electrons. The first kappa shape index (κ1) is 20.9. The molecule has 11 heteroatoms. The number of alkyl halides is 3. The second-order valence-corrected chi connectivity index (χ2v) is 8.18. The summed E-state index contributed by atoms with van der Waals surface area (Å²) < 4.78 is 70.7. The molecule has 0 spiro atoms. The van der Waals surface area contributed by atoms with Crippen LogP contribution in [0.3, 0.4) is 0 Å². The normalized spacial score (nSPS) is 17.3. The van der Waals surface area contributed by atoms with Gasteiger partial charge in [-0.25, -0.2) is 8.42 Å². The molecule has 2 aromatic rings. The van der Waals surface area contributed by atoms with Gasteiger partial charge in [0.15, 0.2) is 0 Å².